The summed E-state index contributed by atoms with van der Waals surface area (Å²) in [6, 6.07) is 15.2. The van der Waals surface area contributed by atoms with Crippen LogP contribution in [-0.2, 0) is 11.3 Å². The molecule has 1 N–H and O–H groups in total. The van der Waals surface area contributed by atoms with E-state index >= 15 is 0 Å². The average molecular weight is 304 g/mol. The first-order valence-electron chi connectivity index (χ1n) is 6.85. The maximum Gasteiger partial charge on any atom is 0.223 e. The van der Waals surface area contributed by atoms with E-state index in [-0.39, 0.29) is 5.91 Å². The molecule has 4 heteroatoms. The van der Waals surface area contributed by atoms with Gasteiger partial charge in [-0.1, -0.05) is 41.9 Å². The van der Waals surface area contributed by atoms with Crippen molar-refractivity contribution >= 4 is 17.5 Å². The Labute approximate surface area is 129 Å². The molecule has 110 valence electrons. The lowest BCUT2D eigenvalue weighted by Crippen LogP contribution is -2.24. The van der Waals surface area contributed by atoms with E-state index < -0.39 is 0 Å². The van der Waals surface area contributed by atoms with E-state index in [1.165, 1.54) is 0 Å². The van der Waals surface area contributed by atoms with E-state index in [2.05, 4.69) is 5.32 Å². The van der Waals surface area contributed by atoms with Crippen LogP contribution < -0.4 is 10.1 Å². The van der Waals surface area contributed by atoms with Crippen LogP contribution in [-0.4, -0.2) is 12.5 Å². The van der Waals surface area contributed by atoms with Gasteiger partial charge in [0.05, 0.1) is 13.0 Å². The van der Waals surface area contributed by atoms with Gasteiger partial charge in [0.1, 0.15) is 5.75 Å². The number of nitrogens with one attached hydrogen (secondary N) is 1. The minimum atomic E-state index is -0.0384. The smallest absolute Gasteiger partial charge is 0.223 e. The molecule has 0 saturated heterocycles. The van der Waals surface area contributed by atoms with E-state index in [0.29, 0.717) is 24.6 Å². The van der Waals surface area contributed by atoms with E-state index in [0.717, 1.165) is 16.9 Å². The molecule has 1 amide bonds. The number of hydrogen-bond donors (Lipinski definition) is 1. The molecule has 0 aliphatic carbocycles. The van der Waals surface area contributed by atoms with Crippen molar-refractivity contribution in [1.82, 2.24) is 5.32 Å². The number of hydrogen-bond acceptors (Lipinski definition) is 2. The Balaban J connectivity index is 1.72. The molecule has 2 aromatic carbocycles. The Morgan fingerprint density at radius 2 is 2.00 bits per heavy atom. The topological polar surface area (TPSA) is 38.3 Å². The van der Waals surface area contributed by atoms with Crippen molar-refractivity contribution in [2.75, 3.05) is 6.61 Å². The van der Waals surface area contributed by atoms with Gasteiger partial charge < -0.3 is 10.1 Å². The summed E-state index contributed by atoms with van der Waals surface area (Å²) in [6.45, 7) is 2.82. The third kappa shape index (κ3) is 5.12. The Morgan fingerprint density at radius 1 is 1.19 bits per heavy atom. The van der Waals surface area contributed by atoms with Crippen molar-refractivity contribution in [3.63, 3.8) is 0 Å². The number of aryl methyl sites for hydroxylation is 1. The van der Waals surface area contributed by atoms with Gasteiger partial charge in [0.15, 0.2) is 0 Å². The minimum Gasteiger partial charge on any atom is -0.493 e. The number of carbonyl (C=O) groups is 1. The van der Waals surface area contributed by atoms with Gasteiger partial charge >= 0.3 is 0 Å². The van der Waals surface area contributed by atoms with Crippen molar-refractivity contribution in [3.05, 3.63) is 64.7 Å². The molecular weight excluding hydrogens is 286 g/mol. The number of ether oxygens (including phenoxy) is 1. The fourth-order valence-electron chi connectivity index (χ4n) is 1.91. The summed E-state index contributed by atoms with van der Waals surface area (Å²) >= 11 is 5.89. The predicted octanol–water partition coefficient (Wildman–Crippen LogP) is 3.73. The van der Waals surface area contributed by atoms with Crippen LogP contribution in [0.3, 0.4) is 0 Å². The summed E-state index contributed by atoms with van der Waals surface area (Å²) in [5.41, 5.74) is 2.05. The van der Waals surface area contributed by atoms with Crippen molar-refractivity contribution in [1.29, 1.82) is 0 Å². The van der Waals surface area contributed by atoms with Crippen molar-refractivity contribution in [3.8, 4) is 5.75 Å². The first-order chi connectivity index (χ1) is 10.1. The lowest BCUT2D eigenvalue weighted by Gasteiger charge is -2.09. The molecule has 0 unspecified atom stereocenters. The lowest BCUT2D eigenvalue weighted by atomic mass is 10.2. The standard InChI is InChI=1S/C17H18ClNO2/c1-13-5-2-3-8-16(13)21-10-9-17(20)19-12-14-6-4-7-15(18)11-14/h2-8,11H,9-10,12H2,1H3,(H,19,20). The number of rotatable bonds is 6. The second kappa shape index (κ2) is 7.70. The number of amides is 1. The summed E-state index contributed by atoms with van der Waals surface area (Å²) in [5.74, 6) is 0.781. The van der Waals surface area contributed by atoms with Gasteiger partial charge in [0.2, 0.25) is 5.91 Å². The fraction of sp³-hybridized carbons (Fsp3) is 0.235. The summed E-state index contributed by atoms with van der Waals surface area (Å²) in [7, 11) is 0. The molecule has 0 radical (unpaired) electrons. The van der Waals surface area contributed by atoms with Crippen LogP contribution in [0.4, 0.5) is 0 Å². The van der Waals surface area contributed by atoms with Crippen LogP contribution >= 0.6 is 11.6 Å². The Kier molecular flexibility index (Phi) is 5.64. The van der Waals surface area contributed by atoms with Crippen molar-refractivity contribution in [2.24, 2.45) is 0 Å². The van der Waals surface area contributed by atoms with Crippen LogP contribution in [0.2, 0.25) is 5.02 Å². The first-order valence-corrected chi connectivity index (χ1v) is 7.22. The third-order valence-corrected chi connectivity index (χ3v) is 3.29. The maximum absolute atomic E-state index is 11.8. The predicted molar refractivity (Wildman–Crippen MR) is 84.6 cm³/mol. The lowest BCUT2D eigenvalue weighted by molar-refractivity contribution is -0.121. The molecule has 0 bridgehead atoms. The summed E-state index contributed by atoms with van der Waals surface area (Å²) in [6.07, 6.45) is 0.328. The molecule has 0 spiro atoms. The molecule has 0 fully saturated rings. The van der Waals surface area contributed by atoms with Crippen molar-refractivity contribution < 1.29 is 9.53 Å². The molecule has 0 aliphatic heterocycles. The second-order valence-corrected chi connectivity index (χ2v) is 5.21. The van der Waals surface area contributed by atoms with E-state index in [9.17, 15) is 4.79 Å². The number of benzene rings is 2. The highest BCUT2D eigenvalue weighted by molar-refractivity contribution is 6.30. The van der Waals surface area contributed by atoms with Gasteiger partial charge in [-0.2, -0.15) is 0 Å². The molecular formula is C17H18ClNO2. The van der Waals surface area contributed by atoms with Gasteiger partial charge in [-0.15, -0.1) is 0 Å². The largest absolute Gasteiger partial charge is 0.493 e. The molecule has 0 heterocycles. The normalized spacial score (nSPS) is 10.2. The van der Waals surface area contributed by atoms with E-state index in [4.69, 9.17) is 16.3 Å². The number of para-hydroxylation sites is 1. The highest BCUT2D eigenvalue weighted by Crippen LogP contribution is 2.16. The maximum atomic E-state index is 11.8. The average Bonchev–Trinajstić information content (AvgIpc) is 2.47. The highest BCUT2D eigenvalue weighted by Gasteiger charge is 2.03. The molecule has 3 nitrogen and oxygen atoms in total. The van der Waals surface area contributed by atoms with Crippen molar-refractivity contribution in [2.45, 2.75) is 19.9 Å². The Hall–Kier alpha value is -2.00. The van der Waals surface area contributed by atoms with Crippen LogP contribution in [0, 0.1) is 6.92 Å². The number of carbonyl (C=O) groups excluding carboxylic acids is 1. The molecule has 2 rings (SSSR count). The fourth-order valence-corrected chi connectivity index (χ4v) is 2.12. The second-order valence-electron chi connectivity index (χ2n) is 4.77. The highest BCUT2D eigenvalue weighted by atomic mass is 35.5. The van der Waals surface area contributed by atoms with E-state index in [1.54, 1.807) is 0 Å². The zero-order valence-corrected chi connectivity index (χ0v) is 12.7. The third-order valence-electron chi connectivity index (χ3n) is 3.06. The minimum absolute atomic E-state index is 0.0384. The zero-order chi connectivity index (χ0) is 15.1. The van der Waals surface area contributed by atoms with Gasteiger partial charge in [0.25, 0.3) is 0 Å². The molecule has 0 aromatic heterocycles. The number of halogens is 1. The molecule has 21 heavy (non-hydrogen) atoms. The molecule has 2 aromatic rings. The van der Waals surface area contributed by atoms with Gasteiger partial charge in [0, 0.05) is 11.6 Å². The van der Waals surface area contributed by atoms with Crippen LogP contribution in [0.25, 0.3) is 0 Å². The quantitative estimate of drug-likeness (QED) is 0.883. The van der Waals surface area contributed by atoms with Crippen LogP contribution in [0.5, 0.6) is 5.75 Å². The Morgan fingerprint density at radius 3 is 2.76 bits per heavy atom. The first kappa shape index (κ1) is 15.4. The Bertz CT molecular complexity index is 613. The van der Waals surface area contributed by atoms with E-state index in [1.807, 2.05) is 55.5 Å². The molecule has 0 aliphatic rings. The summed E-state index contributed by atoms with van der Waals surface area (Å²) < 4.78 is 5.60. The molecule has 0 saturated carbocycles. The van der Waals surface area contributed by atoms with Gasteiger partial charge in [-0.25, -0.2) is 0 Å². The summed E-state index contributed by atoms with van der Waals surface area (Å²) in [4.78, 5) is 11.8. The van der Waals surface area contributed by atoms with Gasteiger partial charge in [-0.3, -0.25) is 4.79 Å². The van der Waals surface area contributed by atoms with Crippen LogP contribution in [0.15, 0.2) is 48.5 Å². The van der Waals surface area contributed by atoms with Crippen LogP contribution in [0.1, 0.15) is 17.5 Å². The summed E-state index contributed by atoms with van der Waals surface area (Å²) in [5, 5.41) is 3.52. The monoisotopic (exact) mass is 303 g/mol. The molecule has 0 atom stereocenters. The van der Waals surface area contributed by atoms with Gasteiger partial charge in [-0.05, 0) is 36.2 Å². The zero-order valence-electron chi connectivity index (χ0n) is 11.9. The SMILES string of the molecule is Cc1ccccc1OCCC(=O)NCc1cccc(Cl)c1.